The molecule has 7 heteroatoms. The number of carboxylic acids is 1. The Labute approximate surface area is 111 Å². The Kier molecular flexibility index (Phi) is 4.36. The summed E-state index contributed by atoms with van der Waals surface area (Å²) in [4.78, 5) is 36.9. The number of piperazine rings is 1. The van der Waals surface area contributed by atoms with Gasteiger partial charge in [-0.2, -0.15) is 0 Å². The molecule has 2 saturated heterocycles. The van der Waals surface area contributed by atoms with Crippen LogP contribution in [0.2, 0.25) is 0 Å². The van der Waals surface area contributed by atoms with Crippen molar-refractivity contribution in [2.24, 2.45) is 0 Å². The van der Waals surface area contributed by atoms with E-state index in [0.717, 1.165) is 19.3 Å². The minimum atomic E-state index is -1.45. The zero-order valence-electron chi connectivity index (χ0n) is 10.7. The molecule has 1 atom stereocenters. The normalized spacial score (nSPS) is 24.1. The first-order valence-electron chi connectivity index (χ1n) is 6.52. The van der Waals surface area contributed by atoms with E-state index in [1.807, 2.05) is 0 Å². The first-order chi connectivity index (χ1) is 9.09. The van der Waals surface area contributed by atoms with Crippen LogP contribution >= 0.6 is 0 Å². The highest BCUT2D eigenvalue weighted by molar-refractivity contribution is 6.31. The highest BCUT2D eigenvalue weighted by atomic mass is 16.5. The molecule has 2 aliphatic rings. The van der Waals surface area contributed by atoms with Gasteiger partial charge in [-0.3, -0.25) is 9.59 Å². The molecule has 0 spiro atoms. The minimum Gasteiger partial charge on any atom is -0.474 e. The van der Waals surface area contributed by atoms with Gasteiger partial charge in [-0.05, 0) is 19.3 Å². The van der Waals surface area contributed by atoms with Crippen LogP contribution in [0.25, 0.3) is 0 Å². The molecule has 0 aromatic rings. The molecule has 2 fully saturated rings. The summed E-state index contributed by atoms with van der Waals surface area (Å²) in [6.07, 6.45) is 2.36. The predicted octanol–water partition coefficient (Wildman–Crippen LogP) is -0.689. The summed E-state index contributed by atoms with van der Waals surface area (Å²) >= 11 is 0. The van der Waals surface area contributed by atoms with Crippen LogP contribution in [-0.4, -0.2) is 71.6 Å². The first-order valence-corrected chi connectivity index (χ1v) is 6.52. The summed E-state index contributed by atoms with van der Waals surface area (Å²) in [7, 11) is 0. The van der Waals surface area contributed by atoms with Gasteiger partial charge in [-0.15, -0.1) is 0 Å². The van der Waals surface area contributed by atoms with Crippen molar-refractivity contribution in [1.29, 1.82) is 0 Å². The average molecular weight is 270 g/mol. The number of nitrogens with zero attached hydrogens (tertiary/aromatic N) is 2. The second-order valence-corrected chi connectivity index (χ2v) is 4.78. The maximum atomic E-state index is 12.1. The van der Waals surface area contributed by atoms with Crippen LogP contribution in [0.15, 0.2) is 0 Å². The Morgan fingerprint density at radius 1 is 1.00 bits per heavy atom. The predicted molar refractivity (Wildman–Crippen MR) is 64.4 cm³/mol. The number of ether oxygens (including phenoxy) is 1. The third-order valence-electron chi connectivity index (χ3n) is 3.52. The quantitative estimate of drug-likeness (QED) is 0.637. The van der Waals surface area contributed by atoms with E-state index < -0.39 is 11.9 Å². The summed E-state index contributed by atoms with van der Waals surface area (Å²) in [6.45, 7) is 1.90. The molecule has 0 bridgehead atoms. The molecular formula is C12H18N2O5. The third kappa shape index (κ3) is 3.23. The molecule has 19 heavy (non-hydrogen) atoms. The summed E-state index contributed by atoms with van der Waals surface area (Å²) in [6, 6.07) is 0. The monoisotopic (exact) mass is 270 g/mol. The molecule has 2 heterocycles. The van der Waals surface area contributed by atoms with Crippen LogP contribution < -0.4 is 0 Å². The molecule has 0 aliphatic carbocycles. The Hall–Kier alpha value is -1.63. The highest BCUT2D eigenvalue weighted by Gasteiger charge is 2.31. The van der Waals surface area contributed by atoms with Crippen LogP contribution in [0, 0.1) is 0 Å². The molecule has 1 N–H and O–H groups in total. The van der Waals surface area contributed by atoms with Gasteiger partial charge in [-0.1, -0.05) is 0 Å². The van der Waals surface area contributed by atoms with Crippen molar-refractivity contribution >= 4 is 17.8 Å². The van der Waals surface area contributed by atoms with Gasteiger partial charge in [0.1, 0.15) is 6.10 Å². The molecule has 2 rings (SSSR count). The lowest BCUT2D eigenvalue weighted by atomic mass is 10.1. The number of carboxylic acid groups (broad SMARTS) is 1. The van der Waals surface area contributed by atoms with Crippen LogP contribution in [0.4, 0.5) is 0 Å². The van der Waals surface area contributed by atoms with Gasteiger partial charge in [-0.25, -0.2) is 4.79 Å². The summed E-state index contributed by atoms with van der Waals surface area (Å²) < 4.78 is 5.44. The maximum Gasteiger partial charge on any atom is 0.394 e. The van der Waals surface area contributed by atoms with Crippen molar-refractivity contribution < 1.29 is 24.2 Å². The van der Waals surface area contributed by atoms with Crippen molar-refractivity contribution in [2.75, 3.05) is 32.8 Å². The van der Waals surface area contributed by atoms with E-state index in [0.29, 0.717) is 19.7 Å². The number of rotatable bonds is 1. The Bertz CT molecular complexity index is 370. The molecular weight excluding hydrogens is 252 g/mol. The molecule has 1 unspecified atom stereocenters. The molecule has 7 nitrogen and oxygen atoms in total. The second kappa shape index (κ2) is 6.01. The van der Waals surface area contributed by atoms with Crippen LogP contribution in [0.1, 0.15) is 19.3 Å². The third-order valence-corrected chi connectivity index (χ3v) is 3.52. The Balaban J connectivity index is 1.84. The molecule has 0 aromatic heterocycles. The fourth-order valence-corrected chi connectivity index (χ4v) is 2.40. The standard InChI is InChI=1S/C12H18N2O5/c15-10(9-3-1-2-8-19-9)13-4-6-14(7-5-13)11(16)12(17)18/h9H,1-8H2,(H,17,18). The van der Waals surface area contributed by atoms with Crippen LogP contribution in [0.5, 0.6) is 0 Å². The van der Waals surface area contributed by atoms with Crippen molar-refractivity contribution in [1.82, 2.24) is 9.80 Å². The summed E-state index contributed by atoms with van der Waals surface area (Å²) in [5.41, 5.74) is 0. The summed E-state index contributed by atoms with van der Waals surface area (Å²) in [5, 5.41) is 8.62. The van der Waals surface area contributed by atoms with Gasteiger partial charge in [0.05, 0.1) is 0 Å². The lowest BCUT2D eigenvalue weighted by Crippen LogP contribution is -2.54. The highest BCUT2D eigenvalue weighted by Crippen LogP contribution is 2.16. The number of hydrogen-bond acceptors (Lipinski definition) is 4. The van der Waals surface area contributed by atoms with Crippen LogP contribution in [0.3, 0.4) is 0 Å². The van der Waals surface area contributed by atoms with E-state index in [-0.39, 0.29) is 25.1 Å². The Morgan fingerprint density at radius 2 is 1.63 bits per heavy atom. The largest absolute Gasteiger partial charge is 0.474 e. The van der Waals surface area contributed by atoms with E-state index >= 15 is 0 Å². The lowest BCUT2D eigenvalue weighted by molar-refractivity contribution is -0.158. The molecule has 0 aromatic carbocycles. The van der Waals surface area contributed by atoms with E-state index in [9.17, 15) is 14.4 Å². The van der Waals surface area contributed by atoms with Gasteiger partial charge < -0.3 is 19.6 Å². The number of amides is 2. The summed E-state index contributed by atoms with van der Waals surface area (Å²) in [5.74, 6) is -2.39. The van der Waals surface area contributed by atoms with Crippen molar-refractivity contribution in [3.05, 3.63) is 0 Å². The van der Waals surface area contributed by atoms with Crippen molar-refractivity contribution in [2.45, 2.75) is 25.4 Å². The fourth-order valence-electron chi connectivity index (χ4n) is 2.40. The van der Waals surface area contributed by atoms with Gasteiger partial charge in [0.15, 0.2) is 0 Å². The van der Waals surface area contributed by atoms with E-state index in [1.54, 1.807) is 4.90 Å². The van der Waals surface area contributed by atoms with E-state index in [4.69, 9.17) is 9.84 Å². The molecule has 2 aliphatic heterocycles. The van der Waals surface area contributed by atoms with Crippen molar-refractivity contribution in [3.8, 4) is 0 Å². The second-order valence-electron chi connectivity index (χ2n) is 4.78. The van der Waals surface area contributed by atoms with Crippen LogP contribution in [-0.2, 0) is 19.1 Å². The maximum absolute atomic E-state index is 12.1. The number of aliphatic carboxylic acids is 1. The minimum absolute atomic E-state index is 0.0397. The van der Waals surface area contributed by atoms with Gasteiger partial charge in [0.2, 0.25) is 0 Å². The molecule has 0 radical (unpaired) electrons. The fraction of sp³-hybridized carbons (Fsp3) is 0.750. The Morgan fingerprint density at radius 3 is 2.16 bits per heavy atom. The average Bonchev–Trinajstić information content (AvgIpc) is 2.46. The van der Waals surface area contributed by atoms with Gasteiger partial charge >= 0.3 is 11.9 Å². The SMILES string of the molecule is O=C(O)C(=O)N1CCN(C(=O)C2CCCCO2)CC1. The molecule has 0 saturated carbocycles. The number of carbonyl (C=O) groups excluding carboxylic acids is 2. The lowest BCUT2D eigenvalue weighted by Gasteiger charge is -2.36. The first kappa shape index (κ1) is 13.8. The van der Waals surface area contributed by atoms with E-state index in [1.165, 1.54) is 4.90 Å². The number of hydrogen-bond donors (Lipinski definition) is 1. The van der Waals surface area contributed by atoms with E-state index in [2.05, 4.69) is 0 Å². The molecule has 2 amide bonds. The topological polar surface area (TPSA) is 87.2 Å². The zero-order chi connectivity index (χ0) is 13.8. The van der Waals surface area contributed by atoms with Gasteiger partial charge in [0, 0.05) is 32.8 Å². The van der Waals surface area contributed by atoms with Gasteiger partial charge in [0.25, 0.3) is 5.91 Å². The van der Waals surface area contributed by atoms with Crippen molar-refractivity contribution in [3.63, 3.8) is 0 Å². The number of carbonyl (C=O) groups is 3. The zero-order valence-corrected chi connectivity index (χ0v) is 10.7. The smallest absolute Gasteiger partial charge is 0.394 e. The molecule has 106 valence electrons.